The van der Waals surface area contributed by atoms with Gasteiger partial charge in [0.1, 0.15) is 11.5 Å². The van der Waals surface area contributed by atoms with E-state index in [0.29, 0.717) is 12.1 Å². The summed E-state index contributed by atoms with van der Waals surface area (Å²) in [5, 5.41) is 2.55. The molecule has 0 bridgehead atoms. The number of hydrogen-bond donors (Lipinski definition) is 1. The number of halogens is 5. The smallest absolute Gasteiger partial charge is 0.357 e. The van der Waals surface area contributed by atoms with Crippen LogP contribution >= 0.6 is 0 Å². The summed E-state index contributed by atoms with van der Waals surface area (Å²) < 4.78 is 64.3. The lowest BCUT2D eigenvalue weighted by atomic mass is 10.1. The van der Waals surface area contributed by atoms with Crippen LogP contribution in [0.5, 0.6) is 0 Å². The SMILES string of the molecule is CNc1ncc(F)c(-c2ccc(C(F)(F)F)c(F)c2)n1. The quantitative estimate of drug-likeness (QED) is 0.860. The summed E-state index contributed by atoms with van der Waals surface area (Å²) in [6, 6.07) is 2.09. The molecule has 1 N–H and O–H groups in total. The van der Waals surface area contributed by atoms with E-state index in [1.807, 2.05) is 0 Å². The Labute approximate surface area is 110 Å². The van der Waals surface area contributed by atoms with E-state index in [4.69, 9.17) is 0 Å². The second-order valence-electron chi connectivity index (χ2n) is 3.83. The second-order valence-corrected chi connectivity index (χ2v) is 3.83. The highest BCUT2D eigenvalue weighted by Gasteiger charge is 2.34. The third-order valence-electron chi connectivity index (χ3n) is 2.52. The maximum absolute atomic E-state index is 13.6. The van der Waals surface area contributed by atoms with Crippen LogP contribution in [0.4, 0.5) is 27.9 Å². The van der Waals surface area contributed by atoms with Crippen molar-refractivity contribution in [3.8, 4) is 11.3 Å². The number of benzene rings is 1. The van der Waals surface area contributed by atoms with Gasteiger partial charge >= 0.3 is 6.18 Å². The van der Waals surface area contributed by atoms with Crippen molar-refractivity contribution in [2.24, 2.45) is 0 Å². The molecule has 1 aromatic heterocycles. The van der Waals surface area contributed by atoms with Gasteiger partial charge in [-0.2, -0.15) is 13.2 Å². The van der Waals surface area contributed by atoms with Crippen LogP contribution in [-0.2, 0) is 6.18 Å². The van der Waals surface area contributed by atoms with Crippen molar-refractivity contribution >= 4 is 5.95 Å². The number of nitrogens with zero attached hydrogens (tertiary/aromatic N) is 2. The van der Waals surface area contributed by atoms with Crippen LogP contribution in [-0.4, -0.2) is 17.0 Å². The topological polar surface area (TPSA) is 37.8 Å². The number of hydrogen-bond acceptors (Lipinski definition) is 3. The summed E-state index contributed by atoms with van der Waals surface area (Å²) in [7, 11) is 1.49. The molecule has 106 valence electrons. The molecule has 3 nitrogen and oxygen atoms in total. The van der Waals surface area contributed by atoms with Crippen LogP contribution in [0.25, 0.3) is 11.3 Å². The molecule has 0 fully saturated rings. The van der Waals surface area contributed by atoms with E-state index in [1.165, 1.54) is 7.05 Å². The molecule has 20 heavy (non-hydrogen) atoms. The average Bonchev–Trinajstić information content (AvgIpc) is 2.37. The second kappa shape index (κ2) is 5.03. The number of aromatic nitrogens is 2. The van der Waals surface area contributed by atoms with Crippen LogP contribution in [0, 0.1) is 11.6 Å². The summed E-state index contributed by atoms with van der Waals surface area (Å²) in [6.45, 7) is 0. The zero-order valence-electron chi connectivity index (χ0n) is 10.1. The zero-order valence-corrected chi connectivity index (χ0v) is 10.1. The van der Waals surface area contributed by atoms with Crippen LogP contribution in [0.2, 0.25) is 0 Å². The van der Waals surface area contributed by atoms with Gasteiger partial charge in [0.05, 0.1) is 11.8 Å². The highest BCUT2D eigenvalue weighted by molar-refractivity contribution is 5.61. The van der Waals surface area contributed by atoms with Gasteiger partial charge in [0, 0.05) is 12.6 Å². The molecule has 0 saturated heterocycles. The molecule has 0 radical (unpaired) electrons. The maximum atomic E-state index is 13.6. The monoisotopic (exact) mass is 289 g/mol. The molecule has 2 aromatic rings. The summed E-state index contributed by atoms with van der Waals surface area (Å²) in [5.41, 5.74) is -1.80. The molecular weight excluding hydrogens is 281 g/mol. The van der Waals surface area contributed by atoms with E-state index in [-0.39, 0.29) is 17.2 Å². The van der Waals surface area contributed by atoms with Gasteiger partial charge < -0.3 is 5.32 Å². The lowest BCUT2D eigenvalue weighted by molar-refractivity contribution is -0.139. The Morgan fingerprint density at radius 3 is 2.35 bits per heavy atom. The maximum Gasteiger partial charge on any atom is 0.419 e. The van der Waals surface area contributed by atoms with Crippen LogP contribution in [0.3, 0.4) is 0 Å². The Bertz CT molecular complexity index is 639. The van der Waals surface area contributed by atoms with Gasteiger partial charge in [-0.15, -0.1) is 0 Å². The van der Waals surface area contributed by atoms with Crippen LogP contribution in [0.15, 0.2) is 24.4 Å². The zero-order chi connectivity index (χ0) is 14.9. The van der Waals surface area contributed by atoms with Crippen LogP contribution in [0.1, 0.15) is 5.56 Å². The molecular formula is C12H8F5N3. The Kier molecular flexibility index (Phi) is 3.56. The molecule has 0 aliphatic heterocycles. The third-order valence-corrected chi connectivity index (χ3v) is 2.52. The Hall–Kier alpha value is -2.25. The minimum absolute atomic E-state index is 0.0710. The van der Waals surface area contributed by atoms with Crippen LogP contribution < -0.4 is 5.32 Å². The summed E-state index contributed by atoms with van der Waals surface area (Å²) in [5.74, 6) is -2.27. The van der Waals surface area contributed by atoms with Crippen molar-refractivity contribution in [3.63, 3.8) is 0 Å². The van der Waals surface area contributed by atoms with Crippen molar-refractivity contribution < 1.29 is 22.0 Å². The van der Waals surface area contributed by atoms with Gasteiger partial charge in [-0.25, -0.2) is 18.7 Å². The van der Waals surface area contributed by atoms with E-state index >= 15 is 0 Å². The van der Waals surface area contributed by atoms with Crippen molar-refractivity contribution in [3.05, 3.63) is 41.6 Å². The predicted molar refractivity (Wildman–Crippen MR) is 61.9 cm³/mol. The van der Waals surface area contributed by atoms with Gasteiger partial charge in [0.15, 0.2) is 5.82 Å². The summed E-state index contributed by atoms with van der Waals surface area (Å²) >= 11 is 0. The number of alkyl halides is 3. The molecule has 0 atom stereocenters. The molecule has 0 spiro atoms. The van der Waals surface area contributed by atoms with E-state index in [1.54, 1.807) is 0 Å². The van der Waals surface area contributed by atoms with E-state index in [0.717, 1.165) is 12.3 Å². The molecule has 1 heterocycles. The van der Waals surface area contributed by atoms with Crippen molar-refractivity contribution in [1.29, 1.82) is 0 Å². The van der Waals surface area contributed by atoms with Crippen molar-refractivity contribution in [2.45, 2.75) is 6.18 Å². The molecule has 1 aromatic carbocycles. The molecule has 0 saturated carbocycles. The lowest BCUT2D eigenvalue weighted by Gasteiger charge is -2.10. The minimum Gasteiger partial charge on any atom is -0.357 e. The first-order chi connectivity index (χ1) is 9.32. The molecule has 0 aliphatic rings. The highest BCUT2D eigenvalue weighted by Crippen LogP contribution is 2.33. The molecule has 2 rings (SSSR count). The van der Waals surface area contributed by atoms with Gasteiger partial charge in [-0.1, -0.05) is 6.07 Å². The normalized spacial score (nSPS) is 11.5. The lowest BCUT2D eigenvalue weighted by Crippen LogP contribution is -2.08. The first-order valence-corrected chi connectivity index (χ1v) is 5.40. The standard InChI is InChI=1S/C12H8F5N3/c1-18-11-19-5-9(14)10(20-11)6-2-3-7(8(13)4-6)12(15,16)17/h2-5H,1H3,(H,18,19,20). The fraction of sp³-hybridized carbons (Fsp3) is 0.167. The van der Waals surface area contributed by atoms with E-state index < -0.39 is 23.4 Å². The fourth-order valence-electron chi connectivity index (χ4n) is 1.58. The highest BCUT2D eigenvalue weighted by atomic mass is 19.4. The first kappa shape index (κ1) is 14.2. The van der Waals surface area contributed by atoms with Gasteiger partial charge in [0.2, 0.25) is 5.95 Å². The summed E-state index contributed by atoms with van der Waals surface area (Å²) in [4.78, 5) is 7.34. The first-order valence-electron chi connectivity index (χ1n) is 5.40. The van der Waals surface area contributed by atoms with Crippen molar-refractivity contribution in [1.82, 2.24) is 9.97 Å². The van der Waals surface area contributed by atoms with E-state index in [2.05, 4.69) is 15.3 Å². The van der Waals surface area contributed by atoms with Gasteiger partial charge in [-0.05, 0) is 12.1 Å². The van der Waals surface area contributed by atoms with Gasteiger partial charge in [-0.3, -0.25) is 0 Å². The Morgan fingerprint density at radius 2 is 1.80 bits per heavy atom. The summed E-state index contributed by atoms with van der Waals surface area (Å²) in [6.07, 6.45) is -3.95. The fourth-order valence-corrected chi connectivity index (χ4v) is 1.58. The third kappa shape index (κ3) is 2.68. The number of rotatable bonds is 2. The minimum atomic E-state index is -4.80. The molecule has 8 heteroatoms. The largest absolute Gasteiger partial charge is 0.419 e. The predicted octanol–water partition coefficient (Wildman–Crippen LogP) is 3.48. The van der Waals surface area contributed by atoms with E-state index in [9.17, 15) is 22.0 Å². The molecule has 0 unspecified atom stereocenters. The Morgan fingerprint density at radius 1 is 1.10 bits per heavy atom. The molecule has 0 aliphatic carbocycles. The number of anilines is 1. The average molecular weight is 289 g/mol. The molecule has 0 amide bonds. The Balaban J connectivity index is 2.52. The van der Waals surface area contributed by atoms with Gasteiger partial charge in [0.25, 0.3) is 0 Å². The van der Waals surface area contributed by atoms with Crippen molar-refractivity contribution in [2.75, 3.05) is 12.4 Å². The number of nitrogens with one attached hydrogen (secondary N) is 1.